The van der Waals surface area contributed by atoms with Crippen LogP contribution in [0.15, 0.2) is 24.7 Å². The maximum Gasteiger partial charge on any atom is 0.418 e. The molecule has 24 heavy (non-hydrogen) atoms. The predicted octanol–water partition coefficient (Wildman–Crippen LogP) is 1.67. The Morgan fingerprint density at radius 1 is 1.17 bits per heavy atom. The molecule has 0 amide bonds. The van der Waals surface area contributed by atoms with Crippen molar-refractivity contribution >= 4 is 23.1 Å². The highest BCUT2D eigenvalue weighted by Gasteiger charge is 2.36. The zero-order chi connectivity index (χ0) is 17.6. The second kappa shape index (κ2) is 5.08. The van der Waals surface area contributed by atoms with Crippen LogP contribution in [0, 0.1) is 0 Å². The number of anilines is 2. The number of aromatic nitrogens is 4. The lowest BCUT2D eigenvalue weighted by Crippen LogP contribution is -2.07. The molecule has 0 bridgehead atoms. The van der Waals surface area contributed by atoms with E-state index in [4.69, 9.17) is 16.6 Å². The Morgan fingerprint density at radius 3 is 2.50 bits per heavy atom. The zero-order valence-corrected chi connectivity index (χ0v) is 11.7. The summed E-state index contributed by atoms with van der Waals surface area (Å²) in [5, 5.41) is 12.8. The summed E-state index contributed by atoms with van der Waals surface area (Å²) in [7, 11) is 0. The molecule has 124 valence electrons. The van der Waals surface area contributed by atoms with Gasteiger partial charge in [-0.15, -0.1) is 0 Å². The molecule has 0 radical (unpaired) electrons. The lowest BCUT2D eigenvalue weighted by molar-refractivity contribution is -0.136. The van der Waals surface area contributed by atoms with Crippen molar-refractivity contribution in [3.05, 3.63) is 35.8 Å². The molecule has 5 N–H and O–H groups in total. The average Bonchev–Trinajstić information content (AvgIpc) is 2.88. The minimum absolute atomic E-state index is 0.0403. The van der Waals surface area contributed by atoms with Crippen molar-refractivity contribution in [2.24, 2.45) is 0 Å². The number of carboxylic acids is 1. The first-order chi connectivity index (χ1) is 11.2. The molecule has 11 heteroatoms. The van der Waals surface area contributed by atoms with Crippen molar-refractivity contribution < 1.29 is 23.1 Å². The van der Waals surface area contributed by atoms with Gasteiger partial charge in [0.25, 0.3) is 0 Å². The van der Waals surface area contributed by atoms with Gasteiger partial charge < -0.3 is 16.6 Å². The summed E-state index contributed by atoms with van der Waals surface area (Å²) in [5.74, 6) is -1.96. The van der Waals surface area contributed by atoms with Crippen LogP contribution in [0.2, 0.25) is 0 Å². The highest BCUT2D eigenvalue weighted by atomic mass is 19.4. The van der Waals surface area contributed by atoms with Crippen LogP contribution in [0.3, 0.4) is 0 Å². The van der Waals surface area contributed by atoms with E-state index in [2.05, 4.69) is 15.1 Å². The maximum absolute atomic E-state index is 13.2. The van der Waals surface area contributed by atoms with Crippen molar-refractivity contribution in [2.75, 3.05) is 11.5 Å². The smallest absolute Gasteiger partial charge is 0.418 e. The molecule has 3 aromatic heterocycles. The minimum Gasteiger partial charge on any atom is -0.478 e. The van der Waals surface area contributed by atoms with Gasteiger partial charge in [0, 0.05) is 11.8 Å². The van der Waals surface area contributed by atoms with Crippen LogP contribution in [0.25, 0.3) is 16.8 Å². The average molecular weight is 338 g/mol. The van der Waals surface area contributed by atoms with Crippen LogP contribution in [-0.2, 0) is 6.18 Å². The van der Waals surface area contributed by atoms with E-state index in [0.717, 1.165) is 29.2 Å². The molecular formula is C13H9F3N6O2. The number of halogens is 3. The molecule has 3 aromatic rings. The molecule has 3 heterocycles. The lowest BCUT2D eigenvalue weighted by atomic mass is 10.1. The third-order valence-corrected chi connectivity index (χ3v) is 3.33. The van der Waals surface area contributed by atoms with E-state index < -0.39 is 23.2 Å². The summed E-state index contributed by atoms with van der Waals surface area (Å²) in [4.78, 5) is 18.4. The third-order valence-electron chi connectivity index (χ3n) is 3.33. The van der Waals surface area contributed by atoms with Gasteiger partial charge in [0.1, 0.15) is 23.2 Å². The largest absolute Gasteiger partial charge is 0.478 e. The summed E-state index contributed by atoms with van der Waals surface area (Å²) in [6.45, 7) is 0. The van der Waals surface area contributed by atoms with Crippen LogP contribution >= 0.6 is 0 Å². The molecule has 0 unspecified atom stereocenters. The van der Waals surface area contributed by atoms with Crippen LogP contribution in [0.5, 0.6) is 0 Å². The van der Waals surface area contributed by atoms with Gasteiger partial charge in [-0.05, 0) is 12.1 Å². The molecule has 0 aliphatic rings. The topological polar surface area (TPSA) is 132 Å². The number of hydrogen-bond acceptors (Lipinski definition) is 6. The summed E-state index contributed by atoms with van der Waals surface area (Å²) in [6, 6.07) is 1.92. The zero-order valence-electron chi connectivity index (χ0n) is 11.7. The van der Waals surface area contributed by atoms with E-state index in [0.29, 0.717) is 0 Å². The van der Waals surface area contributed by atoms with E-state index in [1.54, 1.807) is 0 Å². The molecule has 0 aliphatic heterocycles. The fourth-order valence-electron chi connectivity index (χ4n) is 2.28. The van der Waals surface area contributed by atoms with Crippen molar-refractivity contribution in [3.63, 3.8) is 0 Å². The second-order valence-electron chi connectivity index (χ2n) is 4.81. The van der Waals surface area contributed by atoms with Crippen molar-refractivity contribution in [3.8, 4) is 11.3 Å². The van der Waals surface area contributed by atoms with Gasteiger partial charge in [-0.25, -0.2) is 19.3 Å². The second-order valence-corrected chi connectivity index (χ2v) is 4.81. The molecule has 0 aliphatic carbocycles. The van der Waals surface area contributed by atoms with E-state index in [1.165, 1.54) is 0 Å². The molecule has 0 saturated carbocycles. The number of carboxylic acid groups (broad SMARTS) is 1. The Morgan fingerprint density at radius 2 is 1.88 bits per heavy atom. The monoisotopic (exact) mass is 338 g/mol. The van der Waals surface area contributed by atoms with Crippen LogP contribution < -0.4 is 11.5 Å². The molecule has 3 rings (SSSR count). The normalized spacial score (nSPS) is 11.8. The van der Waals surface area contributed by atoms with Gasteiger partial charge in [-0.3, -0.25) is 0 Å². The number of rotatable bonds is 2. The number of nitrogens with two attached hydrogens (primary N) is 2. The Kier molecular flexibility index (Phi) is 3.28. The number of nitrogen functional groups attached to an aromatic ring is 2. The maximum atomic E-state index is 13.2. The van der Waals surface area contributed by atoms with Crippen molar-refractivity contribution in [1.29, 1.82) is 0 Å². The predicted molar refractivity (Wildman–Crippen MR) is 77.0 cm³/mol. The summed E-state index contributed by atoms with van der Waals surface area (Å²) < 4.78 is 40.7. The first kappa shape index (κ1) is 15.5. The van der Waals surface area contributed by atoms with Gasteiger partial charge in [-0.1, -0.05) is 0 Å². The van der Waals surface area contributed by atoms with Gasteiger partial charge >= 0.3 is 12.1 Å². The van der Waals surface area contributed by atoms with Crippen molar-refractivity contribution in [2.45, 2.75) is 6.18 Å². The number of pyridine rings is 1. The van der Waals surface area contributed by atoms with Gasteiger partial charge in [0.05, 0.1) is 11.3 Å². The van der Waals surface area contributed by atoms with Gasteiger partial charge in [0.2, 0.25) is 0 Å². The highest BCUT2D eigenvalue weighted by molar-refractivity contribution is 5.94. The van der Waals surface area contributed by atoms with Crippen LogP contribution in [0.1, 0.15) is 15.9 Å². The number of carbonyl (C=O) groups is 1. The highest BCUT2D eigenvalue weighted by Crippen LogP contribution is 2.38. The van der Waals surface area contributed by atoms with Crippen LogP contribution in [0.4, 0.5) is 24.8 Å². The number of nitrogens with zero attached hydrogens (tertiary/aromatic N) is 4. The first-order valence-corrected chi connectivity index (χ1v) is 6.38. The van der Waals surface area contributed by atoms with Crippen molar-refractivity contribution in [1.82, 2.24) is 19.6 Å². The number of aromatic carboxylic acids is 1. The third kappa shape index (κ3) is 2.35. The Hall–Kier alpha value is -3.37. The van der Waals surface area contributed by atoms with Gasteiger partial charge in [-0.2, -0.15) is 18.3 Å². The molecule has 0 saturated heterocycles. The lowest BCUT2D eigenvalue weighted by Gasteiger charge is -2.06. The number of alkyl halides is 3. The minimum atomic E-state index is -4.70. The summed E-state index contributed by atoms with van der Waals surface area (Å²) in [6.07, 6.45) is -2.55. The molecular weight excluding hydrogens is 329 g/mol. The Balaban J connectivity index is 2.34. The van der Waals surface area contributed by atoms with E-state index in [1.807, 2.05) is 0 Å². The van der Waals surface area contributed by atoms with Gasteiger partial charge in [0.15, 0.2) is 5.82 Å². The summed E-state index contributed by atoms with van der Waals surface area (Å²) >= 11 is 0. The molecule has 8 nitrogen and oxygen atoms in total. The Labute approximate surface area is 131 Å². The summed E-state index contributed by atoms with van der Waals surface area (Å²) in [5.41, 5.74) is 9.25. The van der Waals surface area contributed by atoms with E-state index in [-0.39, 0.29) is 28.5 Å². The standard InChI is InChI=1S/C13H9F3N6O2/c14-13(15,16)7-2-8(22-9(7)11(18)20-4-21-22)5-1-6(12(23)24)10(17)19-3-5/h1-4H,(H2,17,19)(H,23,24)(H2,18,20,21). The van der Waals surface area contributed by atoms with E-state index >= 15 is 0 Å². The van der Waals surface area contributed by atoms with E-state index in [9.17, 15) is 18.0 Å². The number of fused-ring (bicyclic) bond motifs is 1. The fourth-order valence-corrected chi connectivity index (χ4v) is 2.28. The quantitative estimate of drug-likeness (QED) is 0.647. The fraction of sp³-hybridized carbons (Fsp3) is 0.0769. The van der Waals surface area contributed by atoms with Crippen LogP contribution in [-0.4, -0.2) is 30.7 Å². The molecule has 0 fully saturated rings. The number of hydrogen-bond donors (Lipinski definition) is 3. The first-order valence-electron chi connectivity index (χ1n) is 6.38. The molecule has 0 atom stereocenters. The molecule has 0 spiro atoms. The SMILES string of the molecule is Nc1ncc(-c2cc(C(F)(F)F)c3c(N)ncnn23)cc1C(=O)O. The molecule has 0 aromatic carbocycles. The Bertz CT molecular complexity index is 966.